The molecule has 254 valence electrons. The molecule has 0 saturated heterocycles. The van der Waals surface area contributed by atoms with Crippen LogP contribution in [0.25, 0.3) is 0 Å². The van der Waals surface area contributed by atoms with Gasteiger partial charge in [-0.25, -0.2) is 9.24 Å². The number of benzene rings is 2. The summed E-state index contributed by atoms with van der Waals surface area (Å²) in [6.45, 7) is 22.4. The number of rotatable bonds is 18. The van der Waals surface area contributed by atoms with Gasteiger partial charge in [0.15, 0.2) is 0 Å². The second kappa shape index (κ2) is 24.1. The van der Waals surface area contributed by atoms with Gasteiger partial charge in [-0.2, -0.15) is 0 Å². The lowest BCUT2D eigenvalue weighted by atomic mass is 9.89. The van der Waals surface area contributed by atoms with Crippen molar-refractivity contribution < 1.29 is 27.9 Å². The first-order chi connectivity index (χ1) is 20.8. The van der Waals surface area contributed by atoms with Crippen LogP contribution < -0.4 is 0 Å². The molecule has 2 aromatic carbocycles. The van der Waals surface area contributed by atoms with E-state index in [1.54, 1.807) is 7.11 Å². The molecule has 0 aliphatic carbocycles. The van der Waals surface area contributed by atoms with Crippen LogP contribution in [0.2, 0.25) is 0 Å². The van der Waals surface area contributed by atoms with E-state index in [9.17, 15) is 4.57 Å². The molecule has 0 heterocycles. The number of hydrogen-bond acceptors (Lipinski definition) is 5. The summed E-state index contributed by atoms with van der Waals surface area (Å²) in [6, 6.07) is 21.3. The fourth-order valence-corrected chi connectivity index (χ4v) is 6.75. The Morgan fingerprint density at radius 3 is 1.43 bits per heavy atom. The average Bonchev–Trinajstić information content (AvgIpc) is 3.01. The van der Waals surface area contributed by atoms with Gasteiger partial charge in [-0.05, 0) is 63.5 Å². The number of nitrogens with zero attached hydrogens (tertiary/aromatic N) is 1. The highest BCUT2D eigenvalue weighted by Crippen LogP contribution is 2.46. The Balaban J connectivity index is 0.000000824. The molecule has 0 aliphatic heterocycles. The minimum absolute atomic E-state index is 0.0220. The van der Waals surface area contributed by atoms with Gasteiger partial charge in [0.1, 0.15) is 0 Å². The molecule has 9 heteroatoms. The fraction of sp³-hybridized carbons (Fsp3) is 0.657. The minimum Gasteiger partial charge on any atom is -0.325 e. The summed E-state index contributed by atoms with van der Waals surface area (Å²) in [4.78, 5) is 17.6. The van der Waals surface area contributed by atoms with E-state index in [4.69, 9.17) is 18.8 Å². The van der Waals surface area contributed by atoms with Gasteiger partial charge < -0.3 is 18.8 Å². The van der Waals surface area contributed by atoms with Gasteiger partial charge >= 0.3 is 7.82 Å². The minimum atomic E-state index is -4.39. The Morgan fingerprint density at radius 2 is 1.11 bits per heavy atom. The Morgan fingerprint density at radius 1 is 0.727 bits per heavy atom. The molecule has 44 heavy (non-hydrogen) atoms. The van der Waals surface area contributed by atoms with Crippen molar-refractivity contribution in [3.8, 4) is 0 Å². The molecule has 0 spiro atoms. The molecule has 0 aromatic heterocycles. The summed E-state index contributed by atoms with van der Waals surface area (Å²) < 4.78 is 29.8. The topological polar surface area (TPSA) is 88.5 Å². The van der Waals surface area contributed by atoms with E-state index in [-0.39, 0.29) is 12.5 Å². The van der Waals surface area contributed by atoms with Gasteiger partial charge in [-0.1, -0.05) is 115 Å². The Kier molecular flexibility index (Phi) is 23.5. The van der Waals surface area contributed by atoms with Crippen molar-refractivity contribution in [1.82, 2.24) is 4.67 Å². The number of phosphoric acid groups is 1. The summed E-state index contributed by atoms with van der Waals surface area (Å²) in [7, 11) is -3.65. The molecule has 0 radical (unpaired) electrons. The monoisotopic (exact) mass is 655 g/mol. The Hall–Kier alpha value is -1.14. The molecule has 2 N–H and O–H groups in total. The Labute approximate surface area is 271 Å². The quantitative estimate of drug-likeness (QED) is 0.155. The zero-order valence-corrected chi connectivity index (χ0v) is 31.1. The highest BCUT2D eigenvalue weighted by atomic mass is 31.2. The predicted octanol–water partition coefficient (Wildman–Crippen LogP) is 10.6. The van der Waals surface area contributed by atoms with Crippen molar-refractivity contribution in [3.63, 3.8) is 0 Å². The predicted molar refractivity (Wildman–Crippen MR) is 188 cm³/mol. The van der Waals surface area contributed by atoms with Crippen molar-refractivity contribution in [1.29, 1.82) is 0 Å². The molecule has 0 amide bonds. The van der Waals surface area contributed by atoms with E-state index in [1.807, 2.05) is 44.2 Å². The second-order valence-electron chi connectivity index (χ2n) is 11.8. The maximum atomic E-state index is 10.8. The van der Waals surface area contributed by atoms with Crippen LogP contribution in [-0.2, 0) is 18.1 Å². The van der Waals surface area contributed by atoms with Crippen LogP contribution in [0.5, 0.6) is 0 Å². The van der Waals surface area contributed by atoms with E-state index in [2.05, 4.69) is 94.9 Å². The van der Waals surface area contributed by atoms with E-state index < -0.39 is 16.3 Å². The molecule has 2 rings (SSSR count). The van der Waals surface area contributed by atoms with Crippen molar-refractivity contribution in [2.75, 3.05) is 20.3 Å². The SMILES string of the molecule is CC.CCC(C)CC(COP(=O)(O)O)c1ccccc1.CCC(C)CC(COP(OC)N(C(C)C)C(C)C)c1ccccc1. The lowest BCUT2D eigenvalue weighted by Gasteiger charge is -2.35. The van der Waals surface area contributed by atoms with Gasteiger partial charge in [-0.3, -0.25) is 4.52 Å². The van der Waals surface area contributed by atoms with Crippen LogP contribution in [0, 0.1) is 11.8 Å². The van der Waals surface area contributed by atoms with Gasteiger partial charge in [0, 0.05) is 31.0 Å². The molecular weight excluding hydrogens is 592 g/mol. The molecule has 0 bridgehead atoms. The molecule has 0 saturated carbocycles. The highest BCUT2D eigenvalue weighted by Gasteiger charge is 2.27. The standard InChI is InChI=1S/C20H36NO2P.C13H21O4P.C2H6/c1-8-18(6)14-20(19-12-10-9-11-13-19)15-23-24(22-7)21(16(2)3)17(4)5;1-3-11(2)9-13(10-17-18(14,15)16)12-7-5-4-6-8-12;1-2/h9-13,16-18,20H,8,14-15H2,1-7H3;4-8,11,13H,3,9-10H2,1-2H3,(H2,14,15,16);1-2H3. The lowest BCUT2D eigenvalue weighted by Crippen LogP contribution is -2.33. The molecule has 2 aromatic rings. The summed E-state index contributed by atoms with van der Waals surface area (Å²) in [5, 5.41) is 0. The van der Waals surface area contributed by atoms with E-state index in [0.717, 1.165) is 24.8 Å². The summed E-state index contributed by atoms with van der Waals surface area (Å²) in [6.07, 6.45) is 4.25. The summed E-state index contributed by atoms with van der Waals surface area (Å²) in [5.41, 5.74) is 2.43. The average molecular weight is 656 g/mol. The van der Waals surface area contributed by atoms with Crippen LogP contribution in [0.15, 0.2) is 60.7 Å². The van der Waals surface area contributed by atoms with Crippen LogP contribution in [0.1, 0.15) is 118 Å². The summed E-state index contributed by atoms with van der Waals surface area (Å²) >= 11 is 0. The third-order valence-electron chi connectivity index (χ3n) is 7.54. The first-order valence-electron chi connectivity index (χ1n) is 16.4. The zero-order chi connectivity index (χ0) is 33.7. The summed E-state index contributed by atoms with van der Waals surface area (Å²) in [5.74, 6) is 1.63. The van der Waals surface area contributed by atoms with Crippen LogP contribution in [0.3, 0.4) is 0 Å². The van der Waals surface area contributed by atoms with E-state index in [1.165, 1.54) is 12.0 Å². The fourth-order valence-electron chi connectivity index (χ4n) is 4.88. The van der Waals surface area contributed by atoms with Crippen molar-refractivity contribution in [3.05, 3.63) is 71.8 Å². The van der Waals surface area contributed by atoms with Crippen LogP contribution >= 0.6 is 16.3 Å². The third kappa shape index (κ3) is 18.1. The van der Waals surface area contributed by atoms with Gasteiger partial charge in [-0.15, -0.1) is 0 Å². The number of phosphoric ester groups is 1. The molecule has 5 atom stereocenters. The molecular formula is C35H63NO6P2. The van der Waals surface area contributed by atoms with Gasteiger partial charge in [0.25, 0.3) is 8.53 Å². The normalized spacial score (nSPS) is 15.1. The van der Waals surface area contributed by atoms with Crippen molar-refractivity contribution >= 4 is 16.3 Å². The smallest absolute Gasteiger partial charge is 0.325 e. The third-order valence-corrected chi connectivity index (χ3v) is 10.0. The molecule has 7 nitrogen and oxygen atoms in total. The second-order valence-corrected chi connectivity index (χ2v) is 14.6. The van der Waals surface area contributed by atoms with E-state index >= 15 is 0 Å². The Bertz CT molecular complexity index is 981. The largest absolute Gasteiger partial charge is 0.469 e. The maximum absolute atomic E-state index is 10.8. The first kappa shape index (κ1) is 42.9. The van der Waals surface area contributed by atoms with E-state index in [0.29, 0.717) is 36.4 Å². The zero-order valence-electron chi connectivity index (χ0n) is 29.3. The first-order valence-corrected chi connectivity index (χ1v) is 19.0. The van der Waals surface area contributed by atoms with Crippen LogP contribution in [-0.4, -0.2) is 46.9 Å². The number of hydrogen-bond donors (Lipinski definition) is 2. The van der Waals surface area contributed by atoms with Gasteiger partial charge in [0.2, 0.25) is 0 Å². The van der Waals surface area contributed by atoms with Gasteiger partial charge in [0.05, 0.1) is 13.2 Å². The highest BCUT2D eigenvalue weighted by molar-refractivity contribution is 7.46. The molecule has 5 unspecified atom stereocenters. The van der Waals surface area contributed by atoms with Crippen molar-refractivity contribution in [2.45, 2.75) is 119 Å². The maximum Gasteiger partial charge on any atom is 0.469 e. The molecule has 0 fully saturated rings. The van der Waals surface area contributed by atoms with Crippen molar-refractivity contribution in [2.24, 2.45) is 11.8 Å². The molecule has 0 aliphatic rings. The van der Waals surface area contributed by atoms with Crippen LogP contribution in [0.4, 0.5) is 0 Å². The lowest BCUT2D eigenvalue weighted by molar-refractivity contribution is 0.178.